The predicted octanol–water partition coefficient (Wildman–Crippen LogP) is 4.69. The Hall–Kier alpha value is -1.30. The van der Waals surface area contributed by atoms with Gasteiger partial charge >= 0.3 is 0 Å². The lowest BCUT2D eigenvalue weighted by Gasteiger charge is -2.12. The number of hydrazone groups is 1. The number of methoxy groups -OCH3 is 1. The second-order valence-corrected chi connectivity index (χ2v) is 8.38. The molecule has 0 heterocycles. The van der Waals surface area contributed by atoms with Gasteiger partial charge in [-0.3, -0.25) is 4.79 Å². The summed E-state index contributed by atoms with van der Waals surface area (Å²) in [4.78, 5) is 11.9. The Morgan fingerprint density at radius 3 is 2.52 bits per heavy atom. The highest BCUT2D eigenvalue weighted by molar-refractivity contribution is 9.11. The van der Waals surface area contributed by atoms with Crippen LogP contribution in [0.25, 0.3) is 0 Å². The number of aromatic hydroxyl groups is 2. The number of ether oxygens (including phenoxy) is 2. The molecule has 0 fully saturated rings. The molecule has 2 rings (SSSR count). The van der Waals surface area contributed by atoms with Gasteiger partial charge in [0.15, 0.2) is 29.6 Å². The number of hydrogen-bond acceptors (Lipinski definition) is 6. The molecular weight excluding hydrogens is 620 g/mol. The summed E-state index contributed by atoms with van der Waals surface area (Å²) in [5, 5.41) is 23.2. The lowest BCUT2D eigenvalue weighted by Crippen LogP contribution is -2.24. The van der Waals surface area contributed by atoms with Crippen molar-refractivity contribution in [3.05, 3.63) is 41.7 Å². The molecule has 2 aromatic carbocycles. The summed E-state index contributed by atoms with van der Waals surface area (Å²) in [7, 11) is 1.49. The van der Waals surface area contributed by atoms with Gasteiger partial charge in [0.2, 0.25) is 0 Å². The molecule has 1 amide bonds. The Labute approximate surface area is 188 Å². The fraction of sp³-hybridized carbons (Fsp3) is 0.125. The van der Waals surface area contributed by atoms with Gasteiger partial charge in [0.25, 0.3) is 5.91 Å². The Balaban J connectivity index is 2.01. The van der Waals surface area contributed by atoms with Crippen molar-refractivity contribution in [1.82, 2.24) is 5.43 Å². The summed E-state index contributed by atoms with van der Waals surface area (Å²) >= 11 is 12.9. The fourth-order valence-electron chi connectivity index (χ4n) is 1.89. The molecule has 2 aromatic rings. The summed E-state index contributed by atoms with van der Waals surface area (Å²) in [6.45, 7) is -0.292. The maximum absolute atomic E-state index is 11.9. The zero-order valence-corrected chi connectivity index (χ0v) is 19.9. The first-order valence-corrected chi connectivity index (χ1v) is 10.3. The van der Waals surface area contributed by atoms with E-state index in [-0.39, 0.29) is 27.1 Å². The van der Waals surface area contributed by atoms with Crippen molar-refractivity contribution in [3.63, 3.8) is 0 Å². The topological polar surface area (TPSA) is 100 Å². The van der Waals surface area contributed by atoms with Gasteiger partial charge in [0, 0.05) is 10.0 Å². The van der Waals surface area contributed by atoms with E-state index in [2.05, 4.69) is 74.2 Å². The summed E-state index contributed by atoms with van der Waals surface area (Å²) < 4.78 is 12.6. The van der Waals surface area contributed by atoms with Gasteiger partial charge in [-0.25, -0.2) is 5.43 Å². The van der Waals surface area contributed by atoms with Gasteiger partial charge in [-0.2, -0.15) is 5.10 Å². The molecule has 0 aliphatic heterocycles. The second-order valence-electron chi connectivity index (χ2n) is 4.96. The molecule has 0 atom stereocenters. The predicted molar refractivity (Wildman–Crippen MR) is 115 cm³/mol. The number of hydrogen-bond donors (Lipinski definition) is 3. The third kappa shape index (κ3) is 5.59. The smallest absolute Gasteiger partial charge is 0.277 e. The Kier molecular flexibility index (Phi) is 7.95. The van der Waals surface area contributed by atoms with Gasteiger partial charge in [0.05, 0.1) is 26.7 Å². The monoisotopic (exact) mass is 628 g/mol. The Bertz CT molecular complexity index is 905. The number of carbonyl (C=O) groups is 1. The number of phenols is 2. The zero-order chi connectivity index (χ0) is 20.1. The molecule has 0 bridgehead atoms. The van der Waals surface area contributed by atoms with E-state index < -0.39 is 5.91 Å². The van der Waals surface area contributed by atoms with Crippen LogP contribution in [-0.2, 0) is 4.79 Å². The highest BCUT2D eigenvalue weighted by Crippen LogP contribution is 2.41. The lowest BCUT2D eigenvalue weighted by molar-refractivity contribution is -0.123. The summed E-state index contributed by atoms with van der Waals surface area (Å²) in [5.41, 5.74) is 2.75. The van der Waals surface area contributed by atoms with E-state index in [0.29, 0.717) is 21.5 Å². The van der Waals surface area contributed by atoms with Crippen molar-refractivity contribution in [2.24, 2.45) is 5.10 Å². The summed E-state index contributed by atoms with van der Waals surface area (Å²) in [6.07, 6.45) is 1.31. The van der Waals surface area contributed by atoms with Crippen LogP contribution >= 0.6 is 63.7 Å². The van der Waals surface area contributed by atoms with Crippen LogP contribution in [0.5, 0.6) is 23.0 Å². The van der Waals surface area contributed by atoms with E-state index in [1.165, 1.54) is 19.4 Å². The Morgan fingerprint density at radius 1 is 1.15 bits per heavy atom. The zero-order valence-electron chi connectivity index (χ0n) is 13.6. The molecule has 11 heteroatoms. The fourth-order valence-corrected chi connectivity index (χ4v) is 4.03. The van der Waals surface area contributed by atoms with Gasteiger partial charge in [-0.05, 0) is 66.0 Å². The number of halogens is 4. The molecule has 0 saturated carbocycles. The largest absolute Gasteiger partial charge is 0.503 e. The Morgan fingerprint density at radius 2 is 1.85 bits per heavy atom. The van der Waals surface area contributed by atoms with Crippen molar-refractivity contribution in [1.29, 1.82) is 0 Å². The van der Waals surface area contributed by atoms with E-state index in [0.717, 1.165) is 4.47 Å². The first-order valence-electron chi connectivity index (χ1n) is 7.12. The molecule has 27 heavy (non-hydrogen) atoms. The van der Waals surface area contributed by atoms with Crippen molar-refractivity contribution in [2.75, 3.05) is 13.7 Å². The highest BCUT2D eigenvalue weighted by atomic mass is 79.9. The highest BCUT2D eigenvalue weighted by Gasteiger charge is 2.14. The summed E-state index contributed by atoms with van der Waals surface area (Å²) in [5.74, 6) is -0.296. The van der Waals surface area contributed by atoms with E-state index >= 15 is 0 Å². The van der Waals surface area contributed by atoms with Crippen LogP contribution in [0, 0.1) is 0 Å². The number of rotatable bonds is 6. The molecule has 7 nitrogen and oxygen atoms in total. The van der Waals surface area contributed by atoms with Crippen molar-refractivity contribution < 1.29 is 24.5 Å². The SMILES string of the molecule is COc1cc(Br)cc(Br)c1OCC(=O)N/N=C/c1cc(Br)c(O)c(O)c1Br. The van der Waals surface area contributed by atoms with Gasteiger partial charge in [-0.1, -0.05) is 15.9 Å². The van der Waals surface area contributed by atoms with Crippen LogP contribution in [-0.4, -0.2) is 36.1 Å². The number of nitrogens with zero attached hydrogens (tertiary/aromatic N) is 1. The van der Waals surface area contributed by atoms with Crippen LogP contribution in [0.4, 0.5) is 0 Å². The first-order chi connectivity index (χ1) is 12.7. The van der Waals surface area contributed by atoms with Crippen molar-refractivity contribution in [2.45, 2.75) is 0 Å². The number of amides is 1. The molecule has 0 radical (unpaired) electrons. The van der Waals surface area contributed by atoms with E-state index in [9.17, 15) is 15.0 Å². The molecule has 0 aromatic heterocycles. The third-order valence-corrected chi connectivity index (χ3v) is 5.61. The molecule has 0 aliphatic rings. The average Bonchev–Trinajstić information content (AvgIpc) is 2.62. The minimum absolute atomic E-state index is 0.237. The molecular formula is C16H12Br4N2O5. The quantitative estimate of drug-likeness (QED) is 0.244. The summed E-state index contributed by atoms with van der Waals surface area (Å²) in [6, 6.07) is 5.00. The van der Waals surface area contributed by atoms with Gasteiger partial charge in [-0.15, -0.1) is 0 Å². The molecule has 0 aliphatic carbocycles. The van der Waals surface area contributed by atoms with Crippen molar-refractivity contribution >= 4 is 75.8 Å². The molecule has 0 unspecified atom stereocenters. The number of nitrogens with one attached hydrogen (secondary N) is 1. The third-order valence-electron chi connectivity index (χ3n) is 3.13. The minimum atomic E-state index is -0.499. The van der Waals surface area contributed by atoms with Gasteiger partial charge in [0.1, 0.15) is 0 Å². The minimum Gasteiger partial charge on any atom is -0.503 e. The lowest BCUT2D eigenvalue weighted by atomic mass is 10.2. The first kappa shape index (κ1) is 22.0. The standard InChI is InChI=1S/C16H12Br4N2O5/c1-26-11-4-8(17)3-10(19)16(11)27-6-12(23)22-21-5-7-2-9(18)14(24)15(25)13(7)20/h2-5,24-25H,6H2,1H3,(H,22,23)/b21-5+. The number of phenolic OH excluding ortho intramolecular Hbond substituents is 2. The van der Waals surface area contributed by atoms with E-state index in [1.54, 1.807) is 12.1 Å². The number of benzene rings is 2. The van der Waals surface area contributed by atoms with Crippen LogP contribution in [0.3, 0.4) is 0 Å². The normalized spacial score (nSPS) is 10.9. The van der Waals surface area contributed by atoms with Crippen LogP contribution < -0.4 is 14.9 Å². The van der Waals surface area contributed by atoms with Crippen LogP contribution in [0.1, 0.15) is 5.56 Å². The van der Waals surface area contributed by atoms with Crippen LogP contribution in [0.2, 0.25) is 0 Å². The van der Waals surface area contributed by atoms with E-state index in [1.807, 2.05) is 0 Å². The maximum Gasteiger partial charge on any atom is 0.277 e. The van der Waals surface area contributed by atoms with E-state index in [4.69, 9.17) is 9.47 Å². The molecule has 3 N–H and O–H groups in total. The molecule has 0 saturated heterocycles. The van der Waals surface area contributed by atoms with Gasteiger partial charge < -0.3 is 19.7 Å². The van der Waals surface area contributed by atoms with Crippen LogP contribution in [0.15, 0.2) is 41.2 Å². The maximum atomic E-state index is 11.9. The van der Waals surface area contributed by atoms with Crippen molar-refractivity contribution in [3.8, 4) is 23.0 Å². The second kappa shape index (κ2) is 9.76. The average molecular weight is 632 g/mol. The molecule has 144 valence electrons. The molecule has 0 spiro atoms. The number of carbonyl (C=O) groups excluding carboxylic acids is 1.